The molecule has 10 heteroatoms. The number of hydrogen-bond donors (Lipinski definition) is 4. The van der Waals surface area contributed by atoms with Gasteiger partial charge in [0.1, 0.15) is 24.1 Å². The van der Waals surface area contributed by atoms with Crippen LogP contribution in [-0.4, -0.2) is 65.2 Å². The molecular formula is C44H54N2O8. The van der Waals surface area contributed by atoms with Gasteiger partial charge in [-0.2, -0.15) is 0 Å². The molecule has 3 atom stereocenters. The first-order valence-electron chi connectivity index (χ1n) is 19.3. The molecule has 3 aromatic carbocycles. The van der Waals surface area contributed by atoms with Crippen LogP contribution >= 0.6 is 0 Å². The summed E-state index contributed by atoms with van der Waals surface area (Å²) in [4.78, 5) is 39.7. The van der Waals surface area contributed by atoms with E-state index in [2.05, 4.69) is 24.5 Å². The van der Waals surface area contributed by atoms with Crippen LogP contribution in [0.5, 0.6) is 5.75 Å². The number of aliphatic hydroxyl groups excluding tert-OH is 1. The number of benzene rings is 3. The summed E-state index contributed by atoms with van der Waals surface area (Å²) in [7, 11) is 0. The molecule has 5 rings (SSSR count). The SMILES string of the molecule is CCCCCC1(CCCCC)OC2C=C(C(=O)NCc3cccc(C(=O)NCCO)c3)CC(OC(=O)c3ccc(C=CCc4ccccc4O)cc3)C2O1. The van der Waals surface area contributed by atoms with Crippen LogP contribution in [0.25, 0.3) is 6.08 Å². The lowest BCUT2D eigenvalue weighted by atomic mass is 9.91. The number of esters is 1. The Morgan fingerprint density at radius 2 is 1.61 bits per heavy atom. The van der Waals surface area contributed by atoms with E-state index in [1.165, 1.54) is 0 Å². The second-order valence-corrected chi connectivity index (χ2v) is 14.0. The Labute approximate surface area is 318 Å². The molecule has 1 aliphatic carbocycles. The highest BCUT2D eigenvalue weighted by Crippen LogP contribution is 2.43. The number of carbonyl (C=O) groups excluding carboxylic acids is 3. The zero-order valence-corrected chi connectivity index (χ0v) is 31.4. The number of phenolic OH excluding ortho intramolecular Hbond substituents is 1. The van der Waals surface area contributed by atoms with Gasteiger partial charge < -0.3 is 35.1 Å². The third-order valence-electron chi connectivity index (χ3n) is 9.88. The van der Waals surface area contributed by atoms with Crippen LogP contribution in [-0.2, 0) is 32.0 Å². The minimum atomic E-state index is -0.825. The molecule has 1 saturated heterocycles. The lowest BCUT2D eigenvalue weighted by molar-refractivity contribution is -0.190. The third kappa shape index (κ3) is 11.1. The van der Waals surface area contributed by atoms with E-state index in [0.717, 1.165) is 55.2 Å². The maximum absolute atomic E-state index is 13.7. The monoisotopic (exact) mass is 738 g/mol. The summed E-state index contributed by atoms with van der Waals surface area (Å²) in [6, 6.07) is 21.3. The molecular weight excluding hydrogens is 684 g/mol. The van der Waals surface area contributed by atoms with Crippen molar-refractivity contribution in [2.75, 3.05) is 13.2 Å². The lowest BCUT2D eigenvalue weighted by Crippen LogP contribution is -2.43. The van der Waals surface area contributed by atoms with Gasteiger partial charge in [0, 0.05) is 43.5 Å². The highest BCUT2D eigenvalue weighted by molar-refractivity contribution is 5.95. The Hall–Kier alpha value is -4.77. The van der Waals surface area contributed by atoms with Crippen molar-refractivity contribution in [3.8, 4) is 5.75 Å². The summed E-state index contributed by atoms with van der Waals surface area (Å²) >= 11 is 0. The van der Waals surface area contributed by atoms with Gasteiger partial charge >= 0.3 is 5.97 Å². The van der Waals surface area contributed by atoms with Gasteiger partial charge in [-0.25, -0.2) is 4.79 Å². The molecule has 3 unspecified atom stereocenters. The number of carbonyl (C=O) groups is 3. The lowest BCUT2D eigenvalue weighted by Gasteiger charge is -2.31. The molecule has 0 radical (unpaired) electrons. The number of fused-ring (bicyclic) bond motifs is 1. The molecule has 54 heavy (non-hydrogen) atoms. The van der Waals surface area contributed by atoms with Crippen molar-refractivity contribution in [2.45, 2.75) is 109 Å². The fourth-order valence-corrected chi connectivity index (χ4v) is 6.93. The Bertz CT molecular complexity index is 1760. The molecule has 2 aliphatic rings. The largest absolute Gasteiger partial charge is 0.508 e. The second-order valence-electron chi connectivity index (χ2n) is 14.0. The molecule has 1 heterocycles. The molecule has 10 nitrogen and oxygen atoms in total. The standard InChI is InChI=1S/C44H54N2O8/c1-3-5-9-23-44(24-10-6-4-2)53-39-29-36(42(50)46-30-32-14-12-17-35(27-32)41(49)45-25-26-47)28-38(40(39)54-44)52-43(51)34-21-19-31(20-22-34)13-11-16-33-15-7-8-18-37(33)48/h7-8,11-15,17-22,27,29,38-40,47-48H,3-6,9-10,16,23-26,28,30H2,1-2H3,(H,45,49)(H,46,50). The van der Waals surface area contributed by atoms with Crippen molar-refractivity contribution in [1.82, 2.24) is 10.6 Å². The maximum Gasteiger partial charge on any atom is 0.338 e. The van der Waals surface area contributed by atoms with Crippen LogP contribution in [0.15, 0.2) is 90.5 Å². The molecule has 2 amide bonds. The van der Waals surface area contributed by atoms with E-state index in [0.29, 0.717) is 36.0 Å². The summed E-state index contributed by atoms with van der Waals surface area (Å²) in [6.07, 6.45) is 12.1. The summed E-state index contributed by atoms with van der Waals surface area (Å²) in [6.45, 7) is 4.49. The first kappa shape index (κ1) is 40.4. The smallest absolute Gasteiger partial charge is 0.338 e. The number of phenols is 1. The molecule has 0 bridgehead atoms. The number of aliphatic hydroxyl groups is 1. The predicted molar refractivity (Wildman–Crippen MR) is 208 cm³/mol. The number of amides is 2. The van der Waals surface area contributed by atoms with Gasteiger partial charge in [-0.05, 0) is 72.4 Å². The number of hydrogen-bond acceptors (Lipinski definition) is 8. The van der Waals surface area contributed by atoms with Crippen molar-refractivity contribution in [1.29, 1.82) is 0 Å². The number of unbranched alkanes of at least 4 members (excludes halogenated alkanes) is 4. The number of aromatic hydroxyl groups is 1. The highest BCUT2D eigenvalue weighted by atomic mass is 16.8. The van der Waals surface area contributed by atoms with Crippen LogP contribution in [0.2, 0.25) is 0 Å². The first-order chi connectivity index (χ1) is 26.2. The van der Waals surface area contributed by atoms with Gasteiger partial charge in [-0.3, -0.25) is 9.59 Å². The molecule has 0 saturated carbocycles. The first-order valence-corrected chi connectivity index (χ1v) is 19.3. The molecule has 288 valence electrons. The van der Waals surface area contributed by atoms with Crippen molar-refractivity contribution < 1.29 is 38.8 Å². The number of para-hydroxylation sites is 1. The van der Waals surface area contributed by atoms with Gasteiger partial charge in [0.25, 0.3) is 5.91 Å². The van der Waals surface area contributed by atoms with E-state index < -0.39 is 30.1 Å². The van der Waals surface area contributed by atoms with Crippen molar-refractivity contribution in [2.24, 2.45) is 0 Å². The zero-order valence-electron chi connectivity index (χ0n) is 31.4. The average Bonchev–Trinajstić information content (AvgIpc) is 3.56. The van der Waals surface area contributed by atoms with E-state index >= 15 is 0 Å². The molecule has 1 fully saturated rings. The topological polar surface area (TPSA) is 143 Å². The molecule has 1 aliphatic heterocycles. The number of allylic oxidation sites excluding steroid dienone is 1. The Kier molecular flexibility index (Phi) is 15.0. The van der Waals surface area contributed by atoms with Crippen LogP contribution < -0.4 is 10.6 Å². The minimum absolute atomic E-state index is 0.150. The van der Waals surface area contributed by atoms with Crippen LogP contribution in [0.1, 0.15) is 109 Å². The number of nitrogens with one attached hydrogen (secondary N) is 2. The van der Waals surface area contributed by atoms with E-state index in [9.17, 15) is 19.5 Å². The number of rotatable bonds is 19. The fraction of sp³-hybridized carbons (Fsp3) is 0.432. The van der Waals surface area contributed by atoms with Crippen LogP contribution in [0.4, 0.5) is 0 Å². The highest BCUT2D eigenvalue weighted by Gasteiger charge is 2.52. The van der Waals surface area contributed by atoms with E-state index in [-0.39, 0.29) is 43.7 Å². The predicted octanol–water partition coefficient (Wildman–Crippen LogP) is 7.18. The van der Waals surface area contributed by atoms with E-state index in [1.807, 2.05) is 48.6 Å². The Balaban J connectivity index is 1.30. The van der Waals surface area contributed by atoms with Crippen molar-refractivity contribution in [3.63, 3.8) is 0 Å². The number of ether oxygens (including phenoxy) is 3. The Morgan fingerprint density at radius 1 is 0.870 bits per heavy atom. The van der Waals surface area contributed by atoms with Crippen LogP contribution in [0.3, 0.4) is 0 Å². The molecule has 0 spiro atoms. The van der Waals surface area contributed by atoms with Gasteiger partial charge in [0.15, 0.2) is 5.79 Å². The maximum atomic E-state index is 13.7. The second kappa shape index (κ2) is 20.1. The third-order valence-corrected chi connectivity index (χ3v) is 9.88. The average molecular weight is 739 g/mol. The van der Waals surface area contributed by atoms with Gasteiger partial charge in [0.05, 0.1) is 12.2 Å². The summed E-state index contributed by atoms with van der Waals surface area (Å²) in [5.41, 5.74) is 3.71. The summed E-state index contributed by atoms with van der Waals surface area (Å²) in [5, 5.41) is 24.7. The van der Waals surface area contributed by atoms with Crippen LogP contribution in [0, 0.1) is 0 Å². The minimum Gasteiger partial charge on any atom is -0.508 e. The van der Waals surface area contributed by atoms with E-state index in [1.54, 1.807) is 42.5 Å². The van der Waals surface area contributed by atoms with Gasteiger partial charge in [-0.1, -0.05) is 94.1 Å². The van der Waals surface area contributed by atoms with Crippen molar-refractivity contribution >= 4 is 23.9 Å². The summed E-state index contributed by atoms with van der Waals surface area (Å²) < 4.78 is 19.7. The van der Waals surface area contributed by atoms with Crippen molar-refractivity contribution in [3.05, 3.63) is 118 Å². The van der Waals surface area contributed by atoms with Gasteiger partial charge in [-0.15, -0.1) is 0 Å². The summed E-state index contributed by atoms with van der Waals surface area (Å²) in [5.74, 6) is -1.71. The molecule has 0 aromatic heterocycles. The quantitative estimate of drug-likeness (QED) is 0.0749. The Morgan fingerprint density at radius 3 is 2.31 bits per heavy atom. The molecule has 4 N–H and O–H groups in total. The van der Waals surface area contributed by atoms with E-state index in [4.69, 9.17) is 19.3 Å². The van der Waals surface area contributed by atoms with Gasteiger partial charge in [0.2, 0.25) is 5.91 Å². The molecule has 3 aromatic rings. The fourth-order valence-electron chi connectivity index (χ4n) is 6.93. The normalized spacial score (nSPS) is 18.9. The zero-order chi connectivity index (χ0) is 38.3.